The summed E-state index contributed by atoms with van der Waals surface area (Å²) in [4.78, 5) is 0. The Balaban J connectivity index is 0.000000227. The summed E-state index contributed by atoms with van der Waals surface area (Å²) in [5.74, 6) is 1.18. The fourth-order valence-electron chi connectivity index (χ4n) is 5.39. The zero-order valence-corrected chi connectivity index (χ0v) is 27.6. The summed E-state index contributed by atoms with van der Waals surface area (Å²) in [7, 11) is -0.877. The predicted octanol–water partition coefficient (Wildman–Crippen LogP) is 10.6. The Bertz CT molecular complexity index is 1090. The maximum atomic E-state index is 6.25. The zero-order chi connectivity index (χ0) is 29.1. The minimum atomic E-state index is -0.877. The number of halogens is 2. The maximum Gasteiger partial charge on any atom is 0.102 e. The van der Waals surface area contributed by atoms with Crippen LogP contribution in [0.5, 0.6) is 0 Å². The lowest BCUT2D eigenvalue weighted by atomic mass is 9.92. The lowest BCUT2D eigenvalue weighted by molar-refractivity contribution is 0.660. The number of benzene rings is 4. The zero-order valence-electron chi connectivity index (χ0n) is 25.1. The molecule has 218 valence electrons. The van der Waals surface area contributed by atoms with E-state index < -0.39 is 7.92 Å². The van der Waals surface area contributed by atoms with Gasteiger partial charge in [0.25, 0.3) is 0 Å². The molecular formula is C38H48Cl2P+. The van der Waals surface area contributed by atoms with Gasteiger partial charge in [-0.15, -0.1) is 23.2 Å². The van der Waals surface area contributed by atoms with Crippen molar-refractivity contribution in [2.45, 2.75) is 89.8 Å². The number of rotatable bonds is 15. The second-order valence-electron chi connectivity index (χ2n) is 10.7. The van der Waals surface area contributed by atoms with E-state index in [1.807, 2.05) is 0 Å². The second-order valence-corrected chi connectivity index (χ2v) is 13.7. The molecule has 4 aromatic rings. The standard InChI is InChI=1S/C20H32Cl2.C18H15P/c1-3-5-7-9-11-17-13-14-18(12-10-8-6-4-2)20(16-22)19(17)15-21;1-4-10-16(11-5-1)19(17-12-6-2-7-13-17)18-14-8-3-9-15-18/h13-14H,3-12,15-16H2,1-2H3;1-15H/p+1. The number of aryl methyl sites for hydroxylation is 2. The molecule has 0 saturated heterocycles. The number of unbranched alkanes of at least 4 members (excludes halogenated alkanes) is 6. The average Bonchev–Trinajstić information content (AvgIpc) is 3.03. The normalized spacial score (nSPS) is 10.9. The van der Waals surface area contributed by atoms with Crippen LogP contribution in [0.4, 0.5) is 0 Å². The molecule has 0 bridgehead atoms. The molecule has 0 N–H and O–H groups in total. The summed E-state index contributed by atoms with van der Waals surface area (Å²) < 4.78 is 0. The Kier molecular flexibility index (Phi) is 16.2. The summed E-state index contributed by atoms with van der Waals surface area (Å²) >= 11 is 12.5. The van der Waals surface area contributed by atoms with Crippen LogP contribution in [-0.2, 0) is 24.6 Å². The highest BCUT2D eigenvalue weighted by molar-refractivity contribution is 7.79. The van der Waals surface area contributed by atoms with E-state index in [2.05, 4.69) is 117 Å². The van der Waals surface area contributed by atoms with Gasteiger partial charge in [-0.1, -0.05) is 119 Å². The van der Waals surface area contributed by atoms with E-state index in [9.17, 15) is 0 Å². The summed E-state index contributed by atoms with van der Waals surface area (Å²) in [6.07, 6.45) is 12.6. The molecule has 3 heteroatoms. The van der Waals surface area contributed by atoms with E-state index in [1.54, 1.807) is 0 Å². The molecule has 0 heterocycles. The summed E-state index contributed by atoms with van der Waals surface area (Å²) in [6.45, 7) is 4.51. The van der Waals surface area contributed by atoms with Crippen LogP contribution in [0, 0.1) is 0 Å². The van der Waals surface area contributed by atoms with Crippen molar-refractivity contribution in [2.75, 3.05) is 0 Å². The van der Waals surface area contributed by atoms with Crippen LogP contribution < -0.4 is 15.9 Å². The minimum absolute atomic E-state index is 0.591. The largest absolute Gasteiger partial charge is 0.122 e. The molecule has 0 radical (unpaired) electrons. The predicted molar refractivity (Wildman–Crippen MR) is 188 cm³/mol. The Morgan fingerprint density at radius 3 is 1.07 bits per heavy atom. The van der Waals surface area contributed by atoms with Gasteiger partial charge in [0.05, 0.1) is 7.92 Å². The summed E-state index contributed by atoms with van der Waals surface area (Å²) in [5, 5.41) is 4.31. The van der Waals surface area contributed by atoms with Crippen molar-refractivity contribution >= 4 is 47.0 Å². The molecule has 4 aromatic carbocycles. The SMILES string of the molecule is CCCCCCc1ccc(CCCCCC)c(CCl)c1CCl.c1ccc([PH+](c2ccccc2)c2ccccc2)cc1. The van der Waals surface area contributed by atoms with E-state index in [1.165, 1.54) is 89.5 Å². The number of hydrogen-bond donors (Lipinski definition) is 0. The third-order valence-electron chi connectivity index (χ3n) is 7.68. The average molecular weight is 607 g/mol. The topological polar surface area (TPSA) is 0 Å². The Hall–Kier alpha value is -2.11. The first-order valence-corrected chi connectivity index (χ1v) is 18.1. The fraction of sp³-hybridized carbons (Fsp3) is 0.368. The third-order valence-corrected chi connectivity index (χ3v) is 10.9. The van der Waals surface area contributed by atoms with E-state index >= 15 is 0 Å². The molecule has 0 spiro atoms. The molecule has 0 aliphatic rings. The van der Waals surface area contributed by atoms with Crippen LogP contribution >= 0.6 is 31.1 Å². The van der Waals surface area contributed by atoms with Crippen LogP contribution in [0.15, 0.2) is 103 Å². The molecule has 0 amide bonds. The van der Waals surface area contributed by atoms with Gasteiger partial charge >= 0.3 is 0 Å². The first-order valence-electron chi connectivity index (χ1n) is 15.5. The highest BCUT2D eigenvalue weighted by Gasteiger charge is 2.24. The lowest BCUT2D eigenvalue weighted by Crippen LogP contribution is -2.20. The highest BCUT2D eigenvalue weighted by Crippen LogP contribution is 2.32. The third kappa shape index (κ3) is 10.9. The van der Waals surface area contributed by atoms with E-state index in [0.717, 1.165) is 12.8 Å². The molecule has 0 nitrogen and oxygen atoms in total. The van der Waals surface area contributed by atoms with Gasteiger partial charge in [0, 0.05) is 11.8 Å². The minimum Gasteiger partial charge on any atom is -0.122 e. The molecule has 0 saturated carbocycles. The molecule has 41 heavy (non-hydrogen) atoms. The summed E-state index contributed by atoms with van der Waals surface area (Å²) in [5.41, 5.74) is 5.44. The van der Waals surface area contributed by atoms with Crippen molar-refractivity contribution in [1.29, 1.82) is 0 Å². The molecule has 0 aliphatic carbocycles. The number of alkyl halides is 2. The molecule has 0 aliphatic heterocycles. The van der Waals surface area contributed by atoms with Gasteiger partial charge in [0.15, 0.2) is 0 Å². The van der Waals surface area contributed by atoms with Crippen molar-refractivity contribution in [3.8, 4) is 0 Å². The first-order chi connectivity index (χ1) is 20.2. The van der Waals surface area contributed by atoms with Gasteiger partial charge in [-0.2, -0.15) is 0 Å². The first kappa shape index (κ1) is 33.4. The summed E-state index contributed by atoms with van der Waals surface area (Å²) in [6, 6.07) is 37.1. The van der Waals surface area contributed by atoms with E-state index in [-0.39, 0.29) is 0 Å². The van der Waals surface area contributed by atoms with Crippen molar-refractivity contribution in [2.24, 2.45) is 0 Å². The second kappa shape index (κ2) is 19.9. The van der Waals surface area contributed by atoms with Gasteiger partial charge in [-0.25, -0.2) is 0 Å². The highest BCUT2D eigenvalue weighted by atomic mass is 35.5. The van der Waals surface area contributed by atoms with E-state index in [4.69, 9.17) is 23.2 Å². The Labute approximate surface area is 261 Å². The van der Waals surface area contributed by atoms with Gasteiger partial charge in [-0.3, -0.25) is 0 Å². The maximum absolute atomic E-state index is 6.25. The van der Waals surface area contributed by atoms with Crippen LogP contribution in [0.25, 0.3) is 0 Å². The van der Waals surface area contributed by atoms with E-state index in [0.29, 0.717) is 11.8 Å². The van der Waals surface area contributed by atoms with Crippen molar-refractivity contribution < 1.29 is 0 Å². The van der Waals surface area contributed by atoms with Crippen molar-refractivity contribution in [3.05, 3.63) is 125 Å². The van der Waals surface area contributed by atoms with Crippen LogP contribution in [0.2, 0.25) is 0 Å². The molecule has 0 unspecified atom stereocenters. The smallest absolute Gasteiger partial charge is 0.102 e. The van der Waals surface area contributed by atoms with Crippen molar-refractivity contribution in [1.82, 2.24) is 0 Å². The molecule has 0 atom stereocenters. The van der Waals surface area contributed by atoms with Gasteiger partial charge in [0.2, 0.25) is 0 Å². The molecule has 0 fully saturated rings. The van der Waals surface area contributed by atoms with Gasteiger partial charge < -0.3 is 0 Å². The fourth-order valence-corrected chi connectivity index (χ4v) is 8.63. The van der Waals surface area contributed by atoms with Gasteiger partial charge in [-0.05, 0) is 84.3 Å². The molecular weight excluding hydrogens is 558 g/mol. The quantitative estimate of drug-likeness (QED) is 0.0718. The Morgan fingerprint density at radius 2 is 0.780 bits per heavy atom. The van der Waals surface area contributed by atoms with Gasteiger partial charge in [0.1, 0.15) is 15.9 Å². The lowest BCUT2D eigenvalue weighted by Gasteiger charge is -2.16. The van der Waals surface area contributed by atoms with Crippen LogP contribution in [0.1, 0.15) is 87.5 Å². The monoisotopic (exact) mass is 605 g/mol. The molecule has 0 aromatic heterocycles. The molecule has 4 rings (SSSR count). The van der Waals surface area contributed by atoms with Crippen LogP contribution in [-0.4, -0.2) is 0 Å². The Morgan fingerprint density at radius 1 is 0.439 bits per heavy atom. The van der Waals surface area contributed by atoms with Crippen molar-refractivity contribution in [3.63, 3.8) is 0 Å². The van der Waals surface area contributed by atoms with Crippen LogP contribution in [0.3, 0.4) is 0 Å². The number of hydrogen-bond acceptors (Lipinski definition) is 0.